The summed E-state index contributed by atoms with van der Waals surface area (Å²) < 4.78 is 752. The van der Waals surface area contributed by atoms with Gasteiger partial charge in [-0.25, -0.2) is 0 Å². The fourth-order valence-electron chi connectivity index (χ4n) is 15.7. The summed E-state index contributed by atoms with van der Waals surface area (Å²) >= 11 is 0. The molecule has 0 N–H and O–H groups in total. The molecule has 0 saturated heterocycles. The third kappa shape index (κ3) is 13.4. The summed E-state index contributed by atoms with van der Waals surface area (Å²) in [5.41, 5.74) is -14.2. The molecule has 612 valence electrons. The minimum atomic E-state index is -1.13. The number of benzene rings is 27. The molecule has 27 aromatic carbocycles. The standard InChI is InChI=1S/3C44H28/c1-4-14-36-30(10-1)12-9-19-38(36)44-41-17-7-5-15-39(41)43(40-16-6-8-18-42(40)44)32-23-20-29(21-24-32)33-26-27-37-34(28-33)25-22-31-11-2-3-13-35(31)37;1-3-15-33-29(12-1)14-11-23-37(33)44-40-21-9-7-19-38(40)43(39-20-8-10-22-41(39)44)31-26-24-30(25-27-31)42-28-32-13-2-4-16-34(32)35-17-5-6-18-36(35)42;1-2-11-33-28-36(24-19-29(33)9-1)44-41-15-7-5-13-39(41)43(40-14-6-8-16-42(40)44)32-21-17-30(18-22-32)34-25-26-38-35(27-34)23-20-31-10-3-4-12-37(31)38/h3*1-28H/i3*1D,2D,3D,4D,5D,6D,7D,8D,9D,10D,11D,12D,13D,14D,15D,16D,17D,18D,19D,20D,21D,22D,23D,24D,25D,26D,27D,28D. The van der Waals surface area contributed by atoms with Crippen LogP contribution in [0.1, 0.15) is 115 Å². The molecular formula is C132H84. The van der Waals surface area contributed by atoms with E-state index in [1.54, 1.807) is 0 Å². The highest BCUT2D eigenvalue weighted by Crippen LogP contribution is 2.51. The number of hydrogen-bond donors (Lipinski definition) is 0. The Kier molecular flexibility index (Phi) is 7.40. The molecule has 0 bridgehead atoms. The summed E-state index contributed by atoms with van der Waals surface area (Å²) in [6, 6.07) is -78.6. The lowest BCUT2D eigenvalue weighted by Crippen LogP contribution is -1.91. The molecule has 27 aromatic rings. The van der Waals surface area contributed by atoms with Crippen LogP contribution in [-0.2, 0) is 0 Å². The van der Waals surface area contributed by atoms with Crippen LogP contribution < -0.4 is 0 Å². The first-order valence-electron chi connectivity index (χ1n) is 81.0. The van der Waals surface area contributed by atoms with Crippen molar-refractivity contribution in [2.24, 2.45) is 0 Å². The van der Waals surface area contributed by atoms with E-state index in [9.17, 15) is 42.5 Å². The van der Waals surface area contributed by atoms with Gasteiger partial charge < -0.3 is 0 Å². The quantitative estimate of drug-likeness (QED) is 0.0998. The van der Waals surface area contributed by atoms with Crippen molar-refractivity contribution >= 4 is 162 Å². The van der Waals surface area contributed by atoms with Gasteiger partial charge in [-0.1, -0.05) is 483 Å². The Balaban J connectivity index is 0.000000154. The molecule has 0 unspecified atom stereocenters. The molecule has 0 radical (unpaired) electrons. The lowest BCUT2D eigenvalue weighted by molar-refractivity contribution is 1.63. The first-order valence-corrected chi connectivity index (χ1v) is 39.0. The third-order valence-electron chi connectivity index (χ3n) is 21.4. The van der Waals surface area contributed by atoms with Gasteiger partial charge in [-0.3, -0.25) is 0 Å². The molecule has 0 saturated carbocycles. The first-order chi connectivity index (χ1) is 100. The van der Waals surface area contributed by atoms with Crippen LogP contribution in [0.15, 0.2) is 508 Å². The van der Waals surface area contributed by atoms with Crippen LogP contribution in [0.3, 0.4) is 0 Å². The van der Waals surface area contributed by atoms with Gasteiger partial charge in [0.25, 0.3) is 0 Å². The second-order valence-corrected chi connectivity index (χ2v) is 28.5. The Bertz CT molecular complexity index is 14500. The van der Waals surface area contributed by atoms with Crippen LogP contribution in [0, 0.1) is 0 Å². The fraction of sp³-hybridized carbons (Fsp3) is 0. The smallest absolute Gasteiger partial charge is 0.0616 e. The van der Waals surface area contributed by atoms with Crippen LogP contribution in [0.25, 0.3) is 262 Å². The van der Waals surface area contributed by atoms with Crippen molar-refractivity contribution in [3.63, 3.8) is 0 Å². The van der Waals surface area contributed by atoms with Gasteiger partial charge in [0, 0.05) is 0 Å². The molecule has 0 aliphatic carbocycles. The Morgan fingerprint density at radius 1 is 0.0909 bits per heavy atom. The van der Waals surface area contributed by atoms with Crippen molar-refractivity contribution in [1.82, 2.24) is 0 Å². The van der Waals surface area contributed by atoms with E-state index in [2.05, 4.69) is 0 Å². The van der Waals surface area contributed by atoms with E-state index < -0.39 is 769 Å². The van der Waals surface area contributed by atoms with Crippen molar-refractivity contribution in [2.75, 3.05) is 0 Å². The fourth-order valence-corrected chi connectivity index (χ4v) is 15.7. The van der Waals surface area contributed by atoms with Gasteiger partial charge in [0.1, 0.15) is 0 Å². The maximum Gasteiger partial charge on any atom is 0.0636 e. The summed E-state index contributed by atoms with van der Waals surface area (Å²) in [5.74, 6) is 0. The molecule has 0 nitrogen and oxygen atoms in total. The second kappa shape index (κ2) is 32.6. The van der Waals surface area contributed by atoms with E-state index in [-0.39, 0.29) is 0 Å². The van der Waals surface area contributed by atoms with Gasteiger partial charge >= 0.3 is 0 Å². The first kappa shape index (κ1) is 30.0. The molecular weight excluding hydrogens is 1590 g/mol. The Labute approximate surface area is 883 Å². The van der Waals surface area contributed by atoms with Gasteiger partial charge in [-0.2, -0.15) is 0 Å². The molecule has 27 rings (SSSR count). The predicted molar refractivity (Wildman–Crippen MR) is 571 cm³/mol. The zero-order chi connectivity index (χ0) is 160. The maximum atomic E-state index is 9.64. The highest BCUT2D eigenvalue weighted by Gasteiger charge is 2.23. The topological polar surface area (TPSA) is 0 Å². The average Bonchev–Trinajstić information content (AvgIpc) is 0.682. The van der Waals surface area contributed by atoms with E-state index in [0.29, 0.717) is 0 Å². The molecule has 0 aliphatic heterocycles. The molecule has 132 heavy (non-hydrogen) atoms. The van der Waals surface area contributed by atoms with Gasteiger partial charge in [0.15, 0.2) is 0 Å². The number of fused-ring (bicyclic) bond motifs is 18. The summed E-state index contributed by atoms with van der Waals surface area (Å²) in [5, 5.41) is -19.2. The largest absolute Gasteiger partial charge is 0.0636 e. The summed E-state index contributed by atoms with van der Waals surface area (Å²) in [6.45, 7) is 0. The molecule has 0 aromatic heterocycles. The van der Waals surface area contributed by atoms with E-state index >= 15 is 0 Å². The lowest BCUT2D eigenvalue weighted by atomic mass is 9.84. The lowest BCUT2D eigenvalue weighted by Gasteiger charge is -2.19. The Hall–Kier alpha value is -17.2. The summed E-state index contributed by atoms with van der Waals surface area (Å²) in [4.78, 5) is 0. The van der Waals surface area contributed by atoms with E-state index in [4.69, 9.17) is 72.7 Å². The monoisotopic (exact) mass is 1750 g/mol. The van der Waals surface area contributed by atoms with E-state index in [0.717, 1.165) is 0 Å². The molecule has 0 heteroatoms. The van der Waals surface area contributed by atoms with Crippen molar-refractivity contribution in [1.29, 1.82) is 0 Å². The number of rotatable bonds is 9. The Morgan fingerprint density at radius 3 is 0.682 bits per heavy atom. The van der Waals surface area contributed by atoms with Crippen LogP contribution in [0.4, 0.5) is 0 Å². The predicted octanol–water partition coefficient (Wildman–Crippen LogP) is 37.4. The average molecular weight is 1750 g/mol. The van der Waals surface area contributed by atoms with Crippen molar-refractivity contribution in [2.45, 2.75) is 0 Å². The Morgan fingerprint density at radius 2 is 0.303 bits per heavy atom. The summed E-state index contributed by atoms with van der Waals surface area (Å²) in [6.07, 6.45) is 0. The van der Waals surface area contributed by atoms with Gasteiger partial charge in [0.2, 0.25) is 0 Å². The normalized spacial score (nSPS) is 20.5. The van der Waals surface area contributed by atoms with Crippen LogP contribution in [0.2, 0.25) is 0 Å². The van der Waals surface area contributed by atoms with E-state index in [1.807, 2.05) is 0 Å². The van der Waals surface area contributed by atoms with Crippen LogP contribution >= 0.6 is 0 Å². The molecule has 0 aliphatic rings. The highest BCUT2D eigenvalue weighted by molar-refractivity contribution is 6.27. The number of hydrogen-bond acceptors (Lipinski definition) is 0. The molecule has 0 fully saturated rings. The zero-order valence-electron chi connectivity index (χ0n) is 150. The van der Waals surface area contributed by atoms with Gasteiger partial charge in [-0.05, 0) is 286 Å². The van der Waals surface area contributed by atoms with Crippen molar-refractivity contribution in [3.05, 3.63) is 508 Å². The van der Waals surface area contributed by atoms with Crippen molar-refractivity contribution in [3.8, 4) is 100 Å². The second-order valence-electron chi connectivity index (χ2n) is 28.5. The minimum Gasteiger partial charge on any atom is -0.0616 e. The SMILES string of the molecule is [2H]c1c([2H])c(-c2c([2H])c3c([2H])c([2H])c([2H])c([2H])c3c3c([2H])c([2H])c([2H])c([2H])c23)c([2H])c([2H])c1-c1c2c([2H])c([2H])c([2H])c([2H])c2c(-c2c([2H])c([2H])c([2H])c3c([2H])c([2H])c([2H])c([2H])c23)c2c([2H])c([2H])c([2H])c([2H])c12.[2H]c1c([2H])c(-c2c3c([2H])c([2H])c([2H])c([2H])c3c(-c3c([2H])c([2H])c([2H])c4c([2H])c([2H])c([2H])c([2H])c34)c3c([2H])c([2H])c([2H])c([2H])c23)c([2H])c([2H])c1-c1c([2H])c([2H])c2c(c1[2H])c([2H])c([2H])c1c([2H])c([2H])c([2H])c([2H])c12.[2H]c1c([2H])c(-c2c3c([2H])c([2H])c([2H])c([2H])c3c(-c3c([2H])c([2H])c4c([2H])c([2H])c([2H])c([2H])c4c3[2H])c3c([2H])c([2H])c([2H])c([2H])c23)c([2H])c([2H])c1-c1c([2H])c([2H])c2c(c1[2H])c([2H])c([2H])c1c([2H])c([2H])c([2H])c([2H])c12. The molecule has 0 heterocycles. The van der Waals surface area contributed by atoms with Gasteiger partial charge in [-0.15, -0.1) is 0 Å². The third-order valence-corrected chi connectivity index (χ3v) is 21.4. The van der Waals surface area contributed by atoms with Crippen LogP contribution in [-0.4, -0.2) is 0 Å². The van der Waals surface area contributed by atoms with Gasteiger partial charge in [0.05, 0.1) is 115 Å². The van der Waals surface area contributed by atoms with E-state index in [1.165, 1.54) is 0 Å². The molecule has 0 amide bonds. The zero-order valence-corrected chi connectivity index (χ0v) is 66.0. The van der Waals surface area contributed by atoms with Crippen molar-refractivity contribution < 1.29 is 115 Å². The minimum absolute atomic E-state index is 0.469. The highest BCUT2D eigenvalue weighted by atomic mass is 14.3. The summed E-state index contributed by atoms with van der Waals surface area (Å²) in [7, 11) is 0. The molecule has 0 atom stereocenters. The molecule has 0 spiro atoms. The van der Waals surface area contributed by atoms with Crippen LogP contribution in [0.5, 0.6) is 0 Å². The maximum absolute atomic E-state index is 9.64.